The number of hydrogen-bond acceptors (Lipinski definition) is 3. The molecule has 0 bridgehead atoms. The van der Waals surface area contributed by atoms with Crippen LogP contribution in [0.15, 0.2) is 0 Å². The second-order valence-electron chi connectivity index (χ2n) is 7.71. The molecule has 0 aromatic heterocycles. The summed E-state index contributed by atoms with van der Waals surface area (Å²) >= 11 is 0. The minimum atomic E-state index is -0.734. The average molecular weight is 371 g/mol. The first-order valence-corrected chi connectivity index (χ1v) is 11.4. The molecule has 4 heteroatoms. The number of amides is 1. The molecule has 156 valence electrons. The first-order chi connectivity index (χ1) is 12.7. The van der Waals surface area contributed by atoms with E-state index in [0.29, 0.717) is 19.4 Å². The van der Waals surface area contributed by atoms with E-state index in [0.717, 1.165) is 19.3 Å². The Labute approximate surface area is 162 Å². The van der Waals surface area contributed by atoms with Gasteiger partial charge in [-0.2, -0.15) is 0 Å². The smallest absolute Gasteiger partial charge is 0.221 e. The molecule has 0 aromatic rings. The molecule has 1 unspecified atom stereocenters. The van der Waals surface area contributed by atoms with Gasteiger partial charge in [-0.15, -0.1) is 0 Å². The van der Waals surface area contributed by atoms with E-state index in [1.54, 1.807) is 0 Å². The van der Waals surface area contributed by atoms with Crippen LogP contribution in [0.3, 0.4) is 0 Å². The molecule has 4 nitrogen and oxygen atoms in total. The Bertz CT molecular complexity index is 298. The Balaban J connectivity index is 3.18. The zero-order valence-corrected chi connectivity index (χ0v) is 17.4. The van der Waals surface area contributed by atoms with Gasteiger partial charge in [-0.05, 0) is 25.8 Å². The zero-order valence-electron chi connectivity index (χ0n) is 17.4. The van der Waals surface area contributed by atoms with Crippen molar-refractivity contribution in [1.29, 1.82) is 0 Å². The molecular weight excluding hydrogens is 324 g/mol. The number of nitrogens with two attached hydrogens (primary N) is 1. The summed E-state index contributed by atoms with van der Waals surface area (Å²) in [5.41, 5.74) is 5.38. The van der Waals surface area contributed by atoms with Gasteiger partial charge in [0.1, 0.15) is 6.23 Å². The van der Waals surface area contributed by atoms with E-state index in [2.05, 4.69) is 12.2 Å². The second kappa shape index (κ2) is 20.7. The minimum Gasteiger partial charge on any atom is -0.374 e. The number of rotatable bonds is 20. The highest BCUT2D eigenvalue weighted by Gasteiger charge is 2.07. The largest absolute Gasteiger partial charge is 0.374 e. The zero-order chi connectivity index (χ0) is 19.3. The van der Waals surface area contributed by atoms with Crippen LogP contribution >= 0.6 is 0 Å². The summed E-state index contributed by atoms with van der Waals surface area (Å²) in [5, 5.41) is 12.2. The number of unbranched alkanes of at least 4 members (excludes halogenated alkanes) is 14. The highest BCUT2D eigenvalue weighted by atomic mass is 16.3. The maximum absolute atomic E-state index is 11.6. The lowest BCUT2D eigenvalue weighted by atomic mass is 10.0. The Morgan fingerprint density at radius 3 is 1.62 bits per heavy atom. The lowest BCUT2D eigenvalue weighted by molar-refractivity contribution is -0.124. The van der Waals surface area contributed by atoms with Crippen LogP contribution < -0.4 is 11.1 Å². The van der Waals surface area contributed by atoms with Gasteiger partial charge in [0.15, 0.2) is 0 Å². The van der Waals surface area contributed by atoms with Gasteiger partial charge >= 0.3 is 0 Å². The molecule has 0 saturated carbocycles. The van der Waals surface area contributed by atoms with Crippen LogP contribution in [0.1, 0.15) is 122 Å². The van der Waals surface area contributed by atoms with Crippen molar-refractivity contribution >= 4 is 5.91 Å². The van der Waals surface area contributed by atoms with Crippen molar-refractivity contribution in [2.45, 2.75) is 129 Å². The molecule has 0 radical (unpaired) electrons. The number of aliphatic hydroxyl groups excluding tert-OH is 1. The molecular formula is C22H46N2O2. The van der Waals surface area contributed by atoms with Crippen molar-refractivity contribution in [3.8, 4) is 0 Å². The van der Waals surface area contributed by atoms with Crippen LogP contribution in [0.2, 0.25) is 0 Å². The van der Waals surface area contributed by atoms with Gasteiger partial charge in [-0.1, -0.05) is 96.8 Å². The van der Waals surface area contributed by atoms with Gasteiger partial charge in [0.05, 0.1) is 0 Å². The first-order valence-electron chi connectivity index (χ1n) is 11.4. The molecule has 26 heavy (non-hydrogen) atoms. The van der Waals surface area contributed by atoms with Crippen LogP contribution in [0.5, 0.6) is 0 Å². The van der Waals surface area contributed by atoms with Crippen molar-refractivity contribution in [3.63, 3.8) is 0 Å². The monoisotopic (exact) mass is 370 g/mol. The van der Waals surface area contributed by atoms with Crippen molar-refractivity contribution in [2.24, 2.45) is 5.73 Å². The minimum absolute atomic E-state index is 0.0378. The quantitative estimate of drug-likeness (QED) is 0.198. The summed E-state index contributed by atoms with van der Waals surface area (Å²) in [6, 6.07) is 0. The summed E-state index contributed by atoms with van der Waals surface area (Å²) in [5.74, 6) is -0.0378. The van der Waals surface area contributed by atoms with Gasteiger partial charge in [0.2, 0.25) is 5.91 Å². The Morgan fingerprint density at radius 1 is 0.769 bits per heavy atom. The predicted octanol–water partition coefficient (Wildman–Crippen LogP) is 5.42. The third-order valence-electron chi connectivity index (χ3n) is 5.02. The highest BCUT2D eigenvalue weighted by Crippen LogP contribution is 2.13. The maximum atomic E-state index is 11.6. The topological polar surface area (TPSA) is 75.3 Å². The number of hydrogen-bond donors (Lipinski definition) is 3. The fourth-order valence-electron chi connectivity index (χ4n) is 3.30. The Morgan fingerprint density at radius 2 is 1.19 bits per heavy atom. The maximum Gasteiger partial charge on any atom is 0.221 e. The summed E-state index contributed by atoms with van der Waals surface area (Å²) in [7, 11) is 0. The molecule has 0 rings (SSSR count). The fourth-order valence-corrected chi connectivity index (χ4v) is 3.30. The van der Waals surface area contributed by atoms with E-state index in [9.17, 15) is 9.90 Å². The van der Waals surface area contributed by atoms with E-state index in [1.807, 2.05) is 0 Å². The third kappa shape index (κ3) is 19.7. The summed E-state index contributed by atoms with van der Waals surface area (Å²) in [4.78, 5) is 11.6. The Kier molecular flexibility index (Phi) is 20.2. The predicted molar refractivity (Wildman–Crippen MR) is 112 cm³/mol. The molecule has 1 atom stereocenters. The number of aliphatic hydroxyl groups is 1. The molecule has 0 saturated heterocycles. The average Bonchev–Trinajstić information content (AvgIpc) is 2.63. The highest BCUT2D eigenvalue weighted by molar-refractivity contribution is 5.75. The molecule has 4 N–H and O–H groups in total. The molecule has 0 heterocycles. The normalized spacial score (nSPS) is 12.3. The van der Waals surface area contributed by atoms with Gasteiger partial charge in [-0.3, -0.25) is 4.79 Å². The summed E-state index contributed by atoms with van der Waals surface area (Å²) in [6.45, 7) is 2.82. The van der Waals surface area contributed by atoms with E-state index in [-0.39, 0.29) is 5.91 Å². The standard InChI is InChI=1S/C22H46N2O2/c1-2-3-4-5-6-7-8-9-10-11-12-13-14-15-16-18-21(25)24-22(26)19-17-20-23/h22,26H,2-20,23H2,1H3,(H,24,25). The van der Waals surface area contributed by atoms with Gasteiger partial charge in [0, 0.05) is 6.42 Å². The van der Waals surface area contributed by atoms with Gasteiger partial charge < -0.3 is 16.2 Å². The molecule has 0 aromatic carbocycles. The van der Waals surface area contributed by atoms with Crippen molar-refractivity contribution in [3.05, 3.63) is 0 Å². The molecule has 0 fully saturated rings. The van der Waals surface area contributed by atoms with E-state index < -0.39 is 6.23 Å². The van der Waals surface area contributed by atoms with Crippen LogP contribution in [0, 0.1) is 0 Å². The fraction of sp³-hybridized carbons (Fsp3) is 0.955. The molecule has 1 amide bonds. The van der Waals surface area contributed by atoms with E-state index >= 15 is 0 Å². The second-order valence-corrected chi connectivity index (χ2v) is 7.71. The summed E-state index contributed by atoms with van der Waals surface area (Å²) in [6.07, 6.45) is 21.0. The van der Waals surface area contributed by atoms with Crippen LogP contribution in [0.4, 0.5) is 0 Å². The van der Waals surface area contributed by atoms with E-state index in [4.69, 9.17) is 5.73 Å². The number of nitrogens with one attached hydrogen (secondary N) is 1. The first kappa shape index (κ1) is 25.4. The lowest BCUT2D eigenvalue weighted by Gasteiger charge is -2.12. The van der Waals surface area contributed by atoms with Gasteiger partial charge in [0.25, 0.3) is 0 Å². The van der Waals surface area contributed by atoms with Crippen LogP contribution in [-0.2, 0) is 4.79 Å². The molecule has 0 spiro atoms. The van der Waals surface area contributed by atoms with Crippen molar-refractivity contribution in [1.82, 2.24) is 5.32 Å². The van der Waals surface area contributed by atoms with Crippen molar-refractivity contribution in [2.75, 3.05) is 6.54 Å². The lowest BCUT2D eigenvalue weighted by Crippen LogP contribution is -2.34. The molecule has 0 aliphatic rings. The SMILES string of the molecule is CCCCCCCCCCCCCCCCCC(=O)NC(O)CCCN. The molecule has 0 aliphatic heterocycles. The number of carbonyl (C=O) groups excluding carboxylic acids is 1. The number of carbonyl (C=O) groups is 1. The third-order valence-corrected chi connectivity index (χ3v) is 5.02. The van der Waals surface area contributed by atoms with Crippen molar-refractivity contribution < 1.29 is 9.90 Å². The van der Waals surface area contributed by atoms with Gasteiger partial charge in [-0.25, -0.2) is 0 Å². The summed E-state index contributed by atoms with van der Waals surface area (Å²) < 4.78 is 0. The van der Waals surface area contributed by atoms with E-state index in [1.165, 1.54) is 83.5 Å². The molecule has 0 aliphatic carbocycles. The Hall–Kier alpha value is -0.610. The van der Waals surface area contributed by atoms with Crippen LogP contribution in [0.25, 0.3) is 0 Å². The van der Waals surface area contributed by atoms with Crippen LogP contribution in [-0.4, -0.2) is 23.8 Å².